The zero-order valence-corrected chi connectivity index (χ0v) is 21.1. The van der Waals surface area contributed by atoms with Crippen molar-refractivity contribution in [2.24, 2.45) is 0 Å². The molecule has 0 aliphatic carbocycles. The minimum absolute atomic E-state index is 0.250. The number of dihydropyridines is 1. The molecule has 1 aromatic carbocycles. The van der Waals surface area contributed by atoms with Crippen LogP contribution in [-0.2, 0) is 4.79 Å². The summed E-state index contributed by atoms with van der Waals surface area (Å²) < 4.78 is 37.9. The average molecular weight is 527 g/mol. The Hall–Kier alpha value is -3.93. The summed E-state index contributed by atoms with van der Waals surface area (Å²) >= 11 is 0. The molecular formula is C26H29F3N8O. The second-order valence-corrected chi connectivity index (χ2v) is 9.67. The van der Waals surface area contributed by atoms with Gasteiger partial charge in [0.15, 0.2) is 0 Å². The lowest BCUT2D eigenvalue weighted by molar-refractivity contribution is -0.162. The number of allylic oxidation sites excluding steroid dienone is 2. The summed E-state index contributed by atoms with van der Waals surface area (Å²) in [4.78, 5) is 32.3. The van der Waals surface area contributed by atoms with Gasteiger partial charge in [0.2, 0.25) is 11.9 Å². The van der Waals surface area contributed by atoms with Gasteiger partial charge in [0.25, 0.3) is 0 Å². The van der Waals surface area contributed by atoms with E-state index >= 15 is 0 Å². The maximum absolute atomic E-state index is 12.6. The van der Waals surface area contributed by atoms with E-state index in [-0.39, 0.29) is 13.1 Å². The molecule has 0 bridgehead atoms. The average Bonchev–Trinajstić information content (AvgIpc) is 3.26. The molecule has 12 heteroatoms. The number of anilines is 1. The lowest BCUT2D eigenvalue weighted by Gasteiger charge is -2.41. The maximum atomic E-state index is 12.6. The first-order chi connectivity index (χ1) is 18.1. The van der Waals surface area contributed by atoms with Crippen LogP contribution in [0.1, 0.15) is 17.8 Å². The number of rotatable bonds is 6. The number of aromatic nitrogens is 4. The minimum atomic E-state index is -4.49. The number of halogens is 3. The van der Waals surface area contributed by atoms with Crippen molar-refractivity contribution in [3.05, 3.63) is 60.2 Å². The number of hydrogen-bond acceptors (Lipinski definition) is 7. The van der Waals surface area contributed by atoms with Crippen LogP contribution >= 0.6 is 0 Å². The monoisotopic (exact) mass is 526 g/mol. The lowest BCUT2D eigenvalue weighted by atomic mass is 10.1. The zero-order valence-electron chi connectivity index (χ0n) is 21.1. The number of carbonyl (C=O) groups excluding carboxylic acids is 1. The predicted molar refractivity (Wildman–Crippen MR) is 138 cm³/mol. The number of aromatic amines is 1. The van der Waals surface area contributed by atoms with E-state index in [4.69, 9.17) is 4.98 Å². The second kappa shape index (κ2) is 10.1. The van der Waals surface area contributed by atoms with Crippen molar-refractivity contribution in [3.8, 4) is 11.3 Å². The number of amides is 1. The molecular weight excluding hydrogens is 497 g/mol. The van der Waals surface area contributed by atoms with Crippen molar-refractivity contribution < 1.29 is 18.0 Å². The van der Waals surface area contributed by atoms with E-state index in [1.54, 1.807) is 0 Å². The summed E-state index contributed by atoms with van der Waals surface area (Å²) in [6.45, 7) is 5.78. The van der Waals surface area contributed by atoms with Crippen LogP contribution in [0.2, 0.25) is 0 Å². The lowest BCUT2D eigenvalue weighted by Crippen LogP contribution is -2.60. The molecule has 2 aliphatic rings. The number of H-pyrrole nitrogens is 1. The molecule has 4 heterocycles. The van der Waals surface area contributed by atoms with Crippen LogP contribution in [-0.4, -0.2) is 80.2 Å². The quantitative estimate of drug-likeness (QED) is 0.452. The van der Waals surface area contributed by atoms with Gasteiger partial charge in [-0.25, -0.2) is 15.0 Å². The van der Waals surface area contributed by atoms with Crippen LogP contribution in [0.3, 0.4) is 0 Å². The van der Waals surface area contributed by atoms with Crippen molar-refractivity contribution in [1.29, 1.82) is 0 Å². The maximum Gasteiger partial charge on any atom is 0.397 e. The summed E-state index contributed by atoms with van der Waals surface area (Å²) in [5, 5.41) is 6.83. The Kier molecular flexibility index (Phi) is 6.82. The Morgan fingerprint density at radius 3 is 2.63 bits per heavy atom. The molecule has 0 saturated carbocycles. The van der Waals surface area contributed by atoms with E-state index in [2.05, 4.69) is 30.5 Å². The molecule has 0 radical (unpaired) electrons. The van der Waals surface area contributed by atoms with Gasteiger partial charge in [-0.2, -0.15) is 13.2 Å². The number of alkyl halides is 3. The van der Waals surface area contributed by atoms with E-state index in [0.717, 1.165) is 27.9 Å². The Balaban J connectivity index is 1.30. The number of benzene rings is 1. The van der Waals surface area contributed by atoms with Crippen molar-refractivity contribution in [2.75, 3.05) is 38.0 Å². The number of nitrogens with zero attached hydrogens (tertiary/aromatic N) is 5. The Bertz CT molecular complexity index is 1390. The summed E-state index contributed by atoms with van der Waals surface area (Å²) in [7, 11) is 0. The van der Waals surface area contributed by atoms with Crippen LogP contribution < -0.4 is 10.6 Å². The zero-order chi connectivity index (χ0) is 26.9. The van der Waals surface area contributed by atoms with Gasteiger partial charge in [-0.05, 0) is 49.9 Å². The van der Waals surface area contributed by atoms with Crippen molar-refractivity contribution in [1.82, 2.24) is 35.1 Å². The molecule has 2 aliphatic heterocycles. The largest absolute Gasteiger partial charge is 0.397 e. The predicted octanol–water partition coefficient (Wildman–Crippen LogP) is 3.51. The molecule has 1 saturated heterocycles. The molecule has 1 amide bonds. The highest BCUT2D eigenvalue weighted by molar-refractivity contribution is 5.83. The highest BCUT2D eigenvalue weighted by atomic mass is 19.4. The van der Waals surface area contributed by atoms with Crippen LogP contribution in [0.25, 0.3) is 22.3 Å². The third-order valence-corrected chi connectivity index (χ3v) is 6.67. The fraction of sp³-hybridized carbons (Fsp3) is 0.385. The van der Waals surface area contributed by atoms with Crippen molar-refractivity contribution in [3.63, 3.8) is 0 Å². The highest BCUT2D eigenvalue weighted by Gasteiger charge is 2.36. The van der Waals surface area contributed by atoms with E-state index < -0.39 is 24.2 Å². The molecule has 2 aromatic heterocycles. The molecule has 1 atom stereocenters. The Labute approximate surface area is 217 Å². The van der Waals surface area contributed by atoms with E-state index in [1.807, 2.05) is 62.7 Å². The third-order valence-electron chi connectivity index (χ3n) is 6.67. The van der Waals surface area contributed by atoms with Gasteiger partial charge in [0.1, 0.15) is 17.9 Å². The highest BCUT2D eigenvalue weighted by Crippen LogP contribution is 2.27. The Morgan fingerprint density at radius 1 is 1.13 bits per heavy atom. The van der Waals surface area contributed by atoms with Gasteiger partial charge in [-0.3, -0.25) is 9.69 Å². The van der Waals surface area contributed by atoms with Crippen LogP contribution in [0.5, 0.6) is 0 Å². The van der Waals surface area contributed by atoms with Crippen molar-refractivity contribution >= 4 is 22.9 Å². The van der Waals surface area contributed by atoms with Crippen LogP contribution in [0, 0.1) is 13.8 Å². The fourth-order valence-corrected chi connectivity index (χ4v) is 4.78. The summed E-state index contributed by atoms with van der Waals surface area (Å²) in [5.74, 6) is 0.394. The van der Waals surface area contributed by atoms with Gasteiger partial charge < -0.3 is 20.5 Å². The number of imidazole rings is 1. The number of nitrogens with one attached hydrogen (secondary N) is 3. The number of aryl methyl sites for hydroxylation is 2. The first-order valence-corrected chi connectivity index (χ1v) is 12.4. The standard InChI is InChI=1S/C26H29F3N8O/c1-17-15-30-18(2)32-23(17)19-5-6-20-21(13-19)34-24(33-20)35-25(7-3-4-8-31-25)16-36-9-11-37(12-10-36)22(38)14-26(27,28)29/h3-8,13,15,31H,9-12,14,16H2,1-2H3,(H2,33,34,35). The van der Waals surface area contributed by atoms with Gasteiger partial charge in [-0.15, -0.1) is 0 Å². The molecule has 9 nitrogen and oxygen atoms in total. The van der Waals surface area contributed by atoms with Crippen LogP contribution in [0.4, 0.5) is 19.1 Å². The number of hydrogen-bond donors (Lipinski definition) is 3. The van der Waals surface area contributed by atoms with Gasteiger partial charge in [0, 0.05) is 44.5 Å². The number of piperazine rings is 1. The second-order valence-electron chi connectivity index (χ2n) is 9.67. The molecule has 0 spiro atoms. The van der Waals surface area contributed by atoms with E-state index in [0.29, 0.717) is 31.4 Å². The van der Waals surface area contributed by atoms with Gasteiger partial charge in [0.05, 0.1) is 16.7 Å². The molecule has 38 heavy (non-hydrogen) atoms. The normalized spacial score (nSPS) is 20.1. The minimum Gasteiger partial charge on any atom is -0.365 e. The van der Waals surface area contributed by atoms with Crippen molar-refractivity contribution in [2.45, 2.75) is 32.1 Å². The number of fused-ring (bicyclic) bond motifs is 1. The third kappa shape index (κ3) is 5.80. The summed E-state index contributed by atoms with van der Waals surface area (Å²) in [6, 6.07) is 5.94. The van der Waals surface area contributed by atoms with E-state index in [1.165, 1.54) is 4.90 Å². The smallest absolute Gasteiger partial charge is 0.365 e. The molecule has 1 unspecified atom stereocenters. The summed E-state index contributed by atoms with van der Waals surface area (Å²) in [6.07, 6.45) is 3.52. The van der Waals surface area contributed by atoms with Gasteiger partial charge >= 0.3 is 6.18 Å². The molecule has 5 rings (SSSR count). The first kappa shape index (κ1) is 25.7. The fourth-order valence-electron chi connectivity index (χ4n) is 4.78. The first-order valence-electron chi connectivity index (χ1n) is 12.4. The molecule has 3 aromatic rings. The molecule has 3 N–H and O–H groups in total. The Morgan fingerprint density at radius 2 is 1.92 bits per heavy atom. The SMILES string of the molecule is Cc1ncc(C)c(-c2ccc3nc(NC4(CN5CCN(C(=O)CC(F)(F)F)CC5)C=CC=CN4)[nH]c3c2)n1. The molecule has 200 valence electrons. The summed E-state index contributed by atoms with van der Waals surface area (Å²) in [5.41, 5.74) is 3.75. The number of carbonyl (C=O) groups is 1. The van der Waals surface area contributed by atoms with Crippen LogP contribution in [0.15, 0.2) is 48.8 Å². The van der Waals surface area contributed by atoms with Gasteiger partial charge in [-0.1, -0.05) is 12.1 Å². The molecule has 1 fully saturated rings. The topological polar surface area (TPSA) is 102 Å². The van der Waals surface area contributed by atoms with E-state index in [9.17, 15) is 18.0 Å².